The summed E-state index contributed by atoms with van der Waals surface area (Å²) in [5.74, 6) is 2.40. The third kappa shape index (κ3) is 9.43. The maximum absolute atomic E-state index is 7.30. The van der Waals surface area contributed by atoms with Gasteiger partial charge in [-0.2, -0.15) is 0 Å². The number of hydrogen-bond donors (Lipinski definition) is 0. The third-order valence-corrected chi connectivity index (χ3v) is 15.0. The van der Waals surface area contributed by atoms with Crippen LogP contribution in [0.4, 0.5) is 0 Å². The van der Waals surface area contributed by atoms with Gasteiger partial charge in [-0.15, -0.1) is 0 Å². The van der Waals surface area contributed by atoms with Crippen LogP contribution >= 0.6 is 0 Å². The van der Waals surface area contributed by atoms with Crippen LogP contribution in [0.3, 0.4) is 0 Å². The van der Waals surface area contributed by atoms with Gasteiger partial charge in [0.1, 0.15) is 17.3 Å². The lowest BCUT2D eigenvalue weighted by atomic mass is 9.77. The van der Waals surface area contributed by atoms with Gasteiger partial charge in [0.15, 0.2) is 0 Å². The van der Waals surface area contributed by atoms with Gasteiger partial charge in [-0.05, 0) is 115 Å². The number of ether oxygens (including phenoxy) is 1. The molecule has 73 heavy (non-hydrogen) atoms. The molecular formula is C68H70N4O. The zero-order valence-corrected chi connectivity index (χ0v) is 45.1. The number of hydrogen-bond acceptors (Lipinski definition) is 2. The lowest BCUT2D eigenvalue weighted by Crippen LogP contribution is -2.39. The summed E-state index contributed by atoms with van der Waals surface area (Å²) in [7, 11) is 0. The summed E-state index contributed by atoms with van der Waals surface area (Å²) in [5.41, 5.74) is 13.8. The van der Waals surface area contributed by atoms with Crippen LogP contribution in [0, 0.1) is 6.33 Å². The number of nitrogens with zero attached hydrogens (tertiary/aromatic N) is 4. The summed E-state index contributed by atoms with van der Waals surface area (Å²) in [5, 5.41) is 2.41. The topological polar surface area (TPSA) is 35.9 Å². The second-order valence-corrected chi connectivity index (χ2v) is 24.1. The van der Waals surface area contributed by atoms with Gasteiger partial charge < -0.3 is 4.74 Å². The van der Waals surface area contributed by atoms with Crippen LogP contribution in [-0.4, -0.2) is 14.1 Å². The minimum Gasteiger partial charge on any atom is -0.458 e. The Morgan fingerprint density at radius 1 is 0.466 bits per heavy atom. The fourth-order valence-corrected chi connectivity index (χ4v) is 10.4. The van der Waals surface area contributed by atoms with E-state index in [9.17, 15) is 0 Å². The van der Waals surface area contributed by atoms with E-state index in [1.165, 1.54) is 44.2 Å². The molecule has 10 aromatic rings. The highest BCUT2D eigenvalue weighted by Crippen LogP contribution is 2.44. The smallest absolute Gasteiger partial charge is 0.269 e. The highest BCUT2D eigenvalue weighted by molar-refractivity contribution is 6.11. The molecule has 0 spiro atoms. The molecule has 0 fully saturated rings. The van der Waals surface area contributed by atoms with E-state index in [2.05, 4.69) is 292 Å². The van der Waals surface area contributed by atoms with Gasteiger partial charge in [0.05, 0.1) is 28.1 Å². The van der Waals surface area contributed by atoms with Crippen molar-refractivity contribution in [3.8, 4) is 39.8 Å². The average Bonchev–Trinajstić information content (AvgIpc) is 3.98. The molecular weight excluding hydrogens is 889 g/mol. The Balaban J connectivity index is 1.18. The van der Waals surface area contributed by atoms with E-state index in [0.717, 1.165) is 56.5 Å². The molecule has 5 nitrogen and oxygen atoms in total. The van der Waals surface area contributed by atoms with Crippen LogP contribution < -0.4 is 9.30 Å². The highest BCUT2D eigenvalue weighted by Gasteiger charge is 2.30. The molecule has 0 radical (unpaired) electrons. The van der Waals surface area contributed by atoms with E-state index in [1.807, 2.05) is 6.20 Å². The zero-order chi connectivity index (χ0) is 51.7. The molecule has 368 valence electrons. The number of aromatic nitrogens is 4. The summed E-state index contributed by atoms with van der Waals surface area (Å²) in [6, 6.07) is 63.7. The van der Waals surface area contributed by atoms with Crippen LogP contribution in [0.15, 0.2) is 188 Å². The van der Waals surface area contributed by atoms with Crippen molar-refractivity contribution in [2.45, 2.75) is 117 Å². The van der Waals surface area contributed by atoms with Crippen molar-refractivity contribution in [1.29, 1.82) is 0 Å². The van der Waals surface area contributed by atoms with Gasteiger partial charge in [0.2, 0.25) is 0 Å². The molecule has 0 N–H and O–H groups in total. The Morgan fingerprint density at radius 3 is 1.67 bits per heavy atom. The second-order valence-electron chi connectivity index (χ2n) is 24.1. The highest BCUT2D eigenvalue weighted by atomic mass is 16.5. The first kappa shape index (κ1) is 49.1. The molecule has 0 saturated carbocycles. The Hall–Kier alpha value is -7.50. The minimum atomic E-state index is -0.371. The maximum Gasteiger partial charge on any atom is 0.269 e. The number of imidazole rings is 1. The molecule has 0 atom stereocenters. The first-order valence-electron chi connectivity index (χ1n) is 25.9. The van der Waals surface area contributed by atoms with Crippen molar-refractivity contribution in [2.24, 2.45) is 0 Å². The quantitative estimate of drug-likeness (QED) is 0.101. The first-order chi connectivity index (χ1) is 34.6. The van der Waals surface area contributed by atoms with E-state index in [0.29, 0.717) is 0 Å². The third-order valence-electron chi connectivity index (χ3n) is 15.0. The molecule has 0 aliphatic heterocycles. The van der Waals surface area contributed by atoms with E-state index < -0.39 is 0 Å². The Bertz CT molecular complexity index is 3630. The van der Waals surface area contributed by atoms with E-state index >= 15 is 0 Å². The molecule has 3 heterocycles. The van der Waals surface area contributed by atoms with Crippen molar-refractivity contribution in [2.75, 3.05) is 0 Å². The summed E-state index contributed by atoms with van der Waals surface area (Å²) in [6.07, 6.45) is 8.11. The molecule has 0 aliphatic carbocycles. The van der Waals surface area contributed by atoms with Crippen molar-refractivity contribution in [3.63, 3.8) is 0 Å². The SMILES string of the molecule is CC(C)(C)c1ccnc(-n2c3ccccc3c3c(C(C)(C)C)cc(Oc4cc(-n5[c-][n+](-c6cc(-c7ccccc7)cc(C(C)(C)c7ccccc7)c6)c(C(C)(C)C)c5)cc(C(C)(C)c5ccccc5)c4)cc32)c1. The fourth-order valence-electron chi connectivity index (χ4n) is 10.4. The molecule has 0 bridgehead atoms. The predicted octanol–water partition coefficient (Wildman–Crippen LogP) is 17.0. The molecule has 3 aromatic heterocycles. The monoisotopic (exact) mass is 959 g/mol. The van der Waals surface area contributed by atoms with Crippen LogP contribution in [-0.2, 0) is 27.1 Å². The molecule has 5 heteroatoms. The van der Waals surface area contributed by atoms with Crippen LogP contribution in [0.1, 0.15) is 129 Å². The van der Waals surface area contributed by atoms with Gasteiger partial charge in [-0.3, -0.25) is 13.7 Å². The average molecular weight is 959 g/mol. The normalized spacial score (nSPS) is 12.7. The van der Waals surface area contributed by atoms with Gasteiger partial charge in [0.25, 0.3) is 6.33 Å². The molecule has 0 amide bonds. The van der Waals surface area contributed by atoms with Gasteiger partial charge >= 0.3 is 0 Å². The lowest BCUT2D eigenvalue weighted by molar-refractivity contribution is -0.611. The standard InChI is InChI=1S/C68H70N4O/c1-64(2,3)50-33-34-69-62(40-50)72-59-32-24-23-31-57(59)63-58(65(4,5)6)42-56(43-60(63)72)73-55-39-52(68(12,13)49-29-21-16-22-30-49)37-53(41-55)70-44-61(66(7,8)9)71(45-70)54-36-47(46-25-17-14-18-26-46)35-51(38-54)67(10,11)48-27-19-15-20-28-48/h14-44H,1-13H3. The Kier molecular flexibility index (Phi) is 12.2. The van der Waals surface area contributed by atoms with Gasteiger partial charge in [-0.25, -0.2) is 4.98 Å². The lowest BCUT2D eigenvalue weighted by Gasteiger charge is -2.28. The summed E-state index contributed by atoms with van der Waals surface area (Å²) in [4.78, 5) is 5.03. The summed E-state index contributed by atoms with van der Waals surface area (Å²) in [6.45, 7) is 29.8. The van der Waals surface area contributed by atoms with Crippen LogP contribution in [0.25, 0.3) is 50.1 Å². The van der Waals surface area contributed by atoms with Gasteiger partial charge in [0, 0.05) is 40.1 Å². The molecule has 0 saturated heterocycles. The Morgan fingerprint density at radius 2 is 1.05 bits per heavy atom. The number of pyridine rings is 1. The van der Waals surface area contributed by atoms with E-state index in [1.54, 1.807) is 0 Å². The largest absolute Gasteiger partial charge is 0.458 e. The predicted molar refractivity (Wildman–Crippen MR) is 303 cm³/mol. The van der Waals surface area contributed by atoms with E-state index in [4.69, 9.17) is 9.72 Å². The number of para-hydroxylation sites is 1. The van der Waals surface area contributed by atoms with Crippen molar-refractivity contribution in [3.05, 3.63) is 234 Å². The maximum atomic E-state index is 7.30. The number of benzene rings is 7. The molecule has 7 aromatic carbocycles. The van der Waals surface area contributed by atoms with Crippen molar-refractivity contribution < 1.29 is 9.30 Å². The summed E-state index contributed by atoms with van der Waals surface area (Å²) >= 11 is 0. The van der Waals surface area contributed by atoms with Crippen LogP contribution in [0.5, 0.6) is 11.5 Å². The molecule has 10 rings (SSSR count). The second kappa shape index (κ2) is 18.2. The van der Waals surface area contributed by atoms with E-state index in [-0.39, 0.29) is 27.1 Å². The minimum absolute atomic E-state index is 0.0456. The summed E-state index contributed by atoms with van der Waals surface area (Å²) < 4.78 is 14.1. The zero-order valence-electron chi connectivity index (χ0n) is 45.1. The first-order valence-corrected chi connectivity index (χ1v) is 25.9. The number of fused-ring (bicyclic) bond motifs is 3. The fraction of sp³-hybridized carbons (Fsp3) is 0.265. The molecule has 0 aliphatic rings. The molecule has 0 unspecified atom stereocenters. The number of rotatable bonds is 10. The van der Waals surface area contributed by atoms with Crippen LogP contribution in [0.2, 0.25) is 0 Å². The van der Waals surface area contributed by atoms with Crippen molar-refractivity contribution >= 4 is 21.8 Å². The van der Waals surface area contributed by atoms with Crippen molar-refractivity contribution in [1.82, 2.24) is 14.1 Å². The Labute approximate surface area is 433 Å². The van der Waals surface area contributed by atoms with Gasteiger partial charge in [-0.1, -0.05) is 205 Å².